The molecule has 0 saturated carbocycles. The van der Waals surface area contributed by atoms with Crippen molar-refractivity contribution in [2.75, 3.05) is 25.5 Å². The van der Waals surface area contributed by atoms with Gasteiger partial charge in [-0.2, -0.15) is 9.61 Å². The number of nitrogens with one attached hydrogen (secondary N) is 2. The Morgan fingerprint density at radius 3 is 2.61 bits per heavy atom. The average molecular weight is 551 g/mol. The van der Waals surface area contributed by atoms with Crippen LogP contribution in [0.5, 0.6) is 5.75 Å². The molecule has 2 heterocycles. The molecule has 11 heteroatoms. The first kappa shape index (κ1) is 23.5. The molecule has 4 rings (SSSR count). The van der Waals surface area contributed by atoms with Crippen molar-refractivity contribution in [3.63, 3.8) is 0 Å². The van der Waals surface area contributed by atoms with Crippen LogP contribution in [0.4, 0.5) is 5.82 Å². The molecule has 0 radical (unpaired) electrons. The minimum absolute atomic E-state index is 0.192. The average Bonchev–Trinajstić information content (AvgIpc) is 3.20. The van der Waals surface area contributed by atoms with Gasteiger partial charge in [0.2, 0.25) is 10.0 Å². The Morgan fingerprint density at radius 1 is 1.12 bits per heavy atom. The van der Waals surface area contributed by atoms with Crippen molar-refractivity contribution in [1.29, 1.82) is 0 Å². The third-order valence-electron chi connectivity index (χ3n) is 4.90. The summed E-state index contributed by atoms with van der Waals surface area (Å²) in [6.45, 7) is 0.791. The highest BCUT2D eigenvalue weighted by atomic mass is 79.9. The van der Waals surface area contributed by atoms with Crippen LogP contribution in [0.1, 0.15) is 6.42 Å². The smallest absolute Gasteiger partial charge is 0.240 e. The third-order valence-corrected chi connectivity index (χ3v) is 7.27. The predicted molar refractivity (Wildman–Crippen MR) is 132 cm³/mol. The number of methoxy groups -OCH3 is 1. The molecule has 0 aliphatic heterocycles. The zero-order valence-corrected chi connectivity index (χ0v) is 20.8. The van der Waals surface area contributed by atoms with Gasteiger partial charge in [-0.05, 0) is 52.7 Å². The Morgan fingerprint density at radius 2 is 1.88 bits per heavy atom. The van der Waals surface area contributed by atoms with E-state index in [2.05, 4.69) is 36.1 Å². The number of halogens is 2. The minimum atomic E-state index is -3.59. The van der Waals surface area contributed by atoms with Gasteiger partial charge in [0.05, 0.1) is 28.4 Å². The Hall–Kier alpha value is -2.66. The van der Waals surface area contributed by atoms with Gasteiger partial charge in [0.25, 0.3) is 0 Å². The maximum atomic E-state index is 12.5. The van der Waals surface area contributed by atoms with E-state index in [-0.39, 0.29) is 11.4 Å². The topological polar surface area (TPSA) is 97.6 Å². The van der Waals surface area contributed by atoms with Gasteiger partial charge in [-0.3, -0.25) is 0 Å². The van der Waals surface area contributed by atoms with E-state index in [0.717, 1.165) is 15.9 Å². The molecule has 2 N–H and O–H groups in total. The van der Waals surface area contributed by atoms with Crippen molar-refractivity contribution in [2.24, 2.45) is 0 Å². The summed E-state index contributed by atoms with van der Waals surface area (Å²) >= 11 is 9.85. The zero-order chi connectivity index (χ0) is 23.4. The second kappa shape index (κ2) is 10.1. The van der Waals surface area contributed by atoms with Gasteiger partial charge < -0.3 is 10.1 Å². The number of aromatic nitrogens is 3. The maximum absolute atomic E-state index is 12.5. The summed E-state index contributed by atoms with van der Waals surface area (Å²) in [5.74, 6) is 1.32. The van der Waals surface area contributed by atoms with Crippen LogP contribution >= 0.6 is 27.5 Å². The molecule has 0 spiro atoms. The lowest BCUT2D eigenvalue weighted by Crippen LogP contribution is -2.26. The number of benzene rings is 2. The van der Waals surface area contributed by atoms with E-state index in [1.807, 2.05) is 30.3 Å². The van der Waals surface area contributed by atoms with Crippen molar-refractivity contribution in [3.05, 3.63) is 70.3 Å². The van der Waals surface area contributed by atoms with E-state index in [0.29, 0.717) is 35.1 Å². The first-order valence-electron chi connectivity index (χ1n) is 10.1. The fraction of sp³-hybridized carbons (Fsp3) is 0.182. The van der Waals surface area contributed by atoms with Gasteiger partial charge in [-0.25, -0.2) is 18.1 Å². The molecule has 33 heavy (non-hydrogen) atoms. The molecule has 4 aromatic rings. The van der Waals surface area contributed by atoms with Crippen molar-refractivity contribution in [2.45, 2.75) is 11.3 Å². The summed E-state index contributed by atoms with van der Waals surface area (Å²) in [6, 6.07) is 15.6. The molecule has 2 aromatic heterocycles. The molecule has 0 aliphatic rings. The van der Waals surface area contributed by atoms with Gasteiger partial charge >= 0.3 is 0 Å². The molecule has 0 fully saturated rings. The number of fused-ring (bicyclic) bond motifs is 1. The monoisotopic (exact) mass is 549 g/mol. The van der Waals surface area contributed by atoms with E-state index in [1.54, 1.807) is 22.8 Å². The Labute approximate surface area is 205 Å². The van der Waals surface area contributed by atoms with Crippen LogP contribution < -0.4 is 14.8 Å². The summed E-state index contributed by atoms with van der Waals surface area (Å²) in [6.07, 6.45) is 2.23. The molecule has 0 bridgehead atoms. The van der Waals surface area contributed by atoms with Crippen LogP contribution in [0.2, 0.25) is 5.02 Å². The molecular formula is C22H21BrClN5O3S. The molecule has 0 saturated heterocycles. The number of ether oxygens (including phenoxy) is 1. The lowest BCUT2D eigenvalue weighted by atomic mass is 10.1. The van der Waals surface area contributed by atoms with E-state index < -0.39 is 10.0 Å². The quantitative estimate of drug-likeness (QED) is 0.296. The molecular weight excluding hydrogens is 530 g/mol. The molecule has 8 nitrogen and oxygen atoms in total. The lowest BCUT2D eigenvalue weighted by molar-refractivity contribution is 0.414. The summed E-state index contributed by atoms with van der Waals surface area (Å²) in [7, 11) is -2.06. The van der Waals surface area contributed by atoms with Crippen LogP contribution in [-0.2, 0) is 10.0 Å². The summed E-state index contributed by atoms with van der Waals surface area (Å²) < 4.78 is 35.1. The van der Waals surface area contributed by atoms with Gasteiger partial charge in [-0.1, -0.05) is 29.8 Å². The first-order valence-corrected chi connectivity index (χ1v) is 12.7. The van der Waals surface area contributed by atoms with E-state index >= 15 is 0 Å². The second-order valence-corrected chi connectivity index (χ2v) is 10.1. The van der Waals surface area contributed by atoms with Crippen LogP contribution in [0.3, 0.4) is 0 Å². The Balaban J connectivity index is 1.43. The largest absolute Gasteiger partial charge is 0.497 e. The zero-order valence-electron chi connectivity index (χ0n) is 17.6. The van der Waals surface area contributed by atoms with Gasteiger partial charge in [-0.15, -0.1) is 0 Å². The summed E-state index contributed by atoms with van der Waals surface area (Å²) in [5, 5.41) is 8.28. The van der Waals surface area contributed by atoms with Crippen LogP contribution in [-0.4, -0.2) is 43.2 Å². The lowest BCUT2D eigenvalue weighted by Gasteiger charge is -2.12. The normalized spacial score (nSPS) is 11.6. The highest BCUT2D eigenvalue weighted by Crippen LogP contribution is 2.30. The second-order valence-electron chi connectivity index (χ2n) is 7.09. The highest BCUT2D eigenvalue weighted by Gasteiger charge is 2.15. The molecule has 0 atom stereocenters. The van der Waals surface area contributed by atoms with Crippen molar-refractivity contribution in [1.82, 2.24) is 19.3 Å². The van der Waals surface area contributed by atoms with E-state index in [9.17, 15) is 8.42 Å². The first-order chi connectivity index (χ1) is 15.9. The number of hydrogen-bond acceptors (Lipinski definition) is 6. The number of nitrogens with zero attached hydrogens (tertiary/aromatic N) is 3. The molecule has 2 aromatic carbocycles. The highest BCUT2D eigenvalue weighted by molar-refractivity contribution is 9.10. The predicted octanol–water partition coefficient (Wildman–Crippen LogP) is 4.60. The van der Waals surface area contributed by atoms with Crippen LogP contribution in [0, 0.1) is 0 Å². The molecule has 0 aliphatic carbocycles. The molecule has 172 valence electrons. The van der Waals surface area contributed by atoms with E-state index in [4.69, 9.17) is 16.3 Å². The van der Waals surface area contributed by atoms with Crippen LogP contribution in [0.25, 0.3) is 16.9 Å². The van der Waals surface area contributed by atoms with Crippen LogP contribution in [0.15, 0.2) is 70.2 Å². The molecule has 0 unspecified atom stereocenters. The fourth-order valence-corrected chi connectivity index (χ4v) is 4.87. The molecule has 0 amide bonds. The number of rotatable bonds is 9. The Kier molecular flexibility index (Phi) is 7.18. The SMILES string of the molecule is COc1ccc(S(=O)(=O)NCCCNc2cc(-c3ccccc3Cl)nc3c(Br)cnn23)cc1. The van der Waals surface area contributed by atoms with Gasteiger partial charge in [0, 0.05) is 29.7 Å². The summed E-state index contributed by atoms with van der Waals surface area (Å²) in [4.78, 5) is 4.87. The number of sulfonamides is 1. The third kappa shape index (κ3) is 5.30. The van der Waals surface area contributed by atoms with Gasteiger partial charge in [0.15, 0.2) is 5.65 Å². The van der Waals surface area contributed by atoms with E-state index in [1.165, 1.54) is 19.2 Å². The summed E-state index contributed by atoms with van der Waals surface area (Å²) in [5.41, 5.74) is 2.16. The number of hydrogen-bond donors (Lipinski definition) is 2. The van der Waals surface area contributed by atoms with Gasteiger partial charge in [0.1, 0.15) is 11.6 Å². The van der Waals surface area contributed by atoms with Crippen molar-refractivity contribution < 1.29 is 13.2 Å². The Bertz CT molecular complexity index is 1380. The van der Waals surface area contributed by atoms with Crippen molar-refractivity contribution >= 4 is 49.0 Å². The number of anilines is 1. The fourth-order valence-electron chi connectivity index (χ4n) is 3.22. The minimum Gasteiger partial charge on any atom is -0.497 e. The maximum Gasteiger partial charge on any atom is 0.240 e. The standard InChI is InChI=1S/C22H21BrClN5O3S/c1-32-15-7-9-16(10-8-15)33(30,31)27-12-4-11-25-21-13-20(17-5-2-3-6-19(17)24)28-22-18(23)14-26-29(21)22/h2-3,5-10,13-14,25,27H,4,11-12H2,1H3. The van der Waals surface area contributed by atoms with Crippen molar-refractivity contribution in [3.8, 4) is 17.0 Å².